The molecule has 1 aliphatic heterocycles. The molecule has 7 nitrogen and oxygen atoms in total. The first-order chi connectivity index (χ1) is 13.4. The van der Waals surface area contributed by atoms with Gasteiger partial charge in [0.15, 0.2) is 0 Å². The number of para-hydroxylation sites is 1. The zero-order valence-electron chi connectivity index (χ0n) is 17.2. The molecule has 3 amide bonds. The molecule has 1 aromatic rings. The molecule has 1 aromatic carbocycles. The minimum atomic E-state index is -0.760. The summed E-state index contributed by atoms with van der Waals surface area (Å²) in [5.74, 6) is -0.912. The molecule has 0 bridgehead atoms. The van der Waals surface area contributed by atoms with E-state index in [1.165, 1.54) is 17.7 Å². The third-order valence-corrected chi connectivity index (χ3v) is 4.95. The summed E-state index contributed by atoms with van der Waals surface area (Å²) in [5, 5.41) is 5.19. The van der Waals surface area contributed by atoms with Crippen LogP contribution in [0.2, 0.25) is 0 Å². The van der Waals surface area contributed by atoms with Gasteiger partial charge in [-0.1, -0.05) is 19.1 Å². The van der Waals surface area contributed by atoms with Gasteiger partial charge in [0.05, 0.1) is 11.3 Å². The molecule has 7 heteroatoms. The van der Waals surface area contributed by atoms with E-state index in [0.717, 1.165) is 38.4 Å². The fourth-order valence-corrected chi connectivity index (χ4v) is 3.43. The van der Waals surface area contributed by atoms with Crippen LogP contribution in [-0.2, 0) is 9.59 Å². The smallest absolute Gasteiger partial charge is 0.313 e. The Labute approximate surface area is 167 Å². The van der Waals surface area contributed by atoms with Gasteiger partial charge >= 0.3 is 11.8 Å². The van der Waals surface area contributed by atoms with Gasteiger partial charge in [0, 0.05) is 27.2 Å². The number of benzene rings is 1. The number of hydrogen-bond donors (Lipinski definition) is 2. The number of carbonyl (C=O) groups excluding carboxylic acids is 3. The van der Waals surface area contributed by atoms with E-state index in [1.54, 1.807) is 38.4 Å². The van der Waals surface area contributed by atoms with Gasteiger partial charge < -0.3 is 20.4 Å². The quantitative estimate of drug-likeness (QED) is 0.553. The lowest BCUT2D eigenvalue weighted by Crippen LogP contribution is -2.37. The topological polar surface area (TPSA) is 81.8 Å². The maximum atomic E-state index is 12.2. The van der Waals surface area contributed by atoms with Crippen molar-refractivity contribution in [3.05, 3.63) is 29.8 Å². The van der Waals surface area contributed by atoms with Gasteiger partial charge in [-0.2, -0.15) is 0 Å². The van der Waals surface area contributed by atoms with Gasteiger partial charge in [-0.05, 0) is 56.8 Å². The highest BCUT2D eigenvalue weighted by atomic mass is 16.2. The Hall–Kier alpha value is -2.41. The van der Waals surface area contributed by atoms with Crippen molar-refractivity contribution in [3.63, 3.8) is 0 Å². The third-order valence-electron chi connectivity index (χ3n) is 4.95. The number of unbranched alkanes of at least 4 members (excludes halogenated alkanes) is 1. The molecule has 0 aromatic heterocycles. The summed E-state index contributed by atoms with van der Waals surface area (Å²) < 4.78 is 0. The molecule has 1 heterocycles. The van der Waals surface area contributed by atoms with Crippen LogP contribution in [0.25, 0.3) is 0 Å². The van der Waals surface area contributed by atoms with Gasteiger partial charge in [0.2, 0.25) is 0 Å². The Morgan fingerprint density at radius 3 is 2.61 bits per heavy atom. The molecule has 1 fully saturated rings. The minimum absolute atomic E-state index is 0.233. The van der Waals surface area contributed by atoms with Crippen molar-refractivity contribution < 1.29 is 14.4 Å². The molecule has 1 aliphatic rings. The van der Waals surface area contributed by atoms with E-state index in [1.807, 2.05) is 0 Å². The molecule has 154 valence electrons. The molecule has 0 spiro atoms. The van der Waals surface area contributed by atoms with Crippen LogP contribution in [0, 0.1) is 5.92 Å². The van der Waals surface area contributed by atoms with Crippen molar-refractivity contribution in [3.8, 4) is 0 Å². The van der Waals surface area contributed by atoms with E-state index in [2.05, 4.69) is 22.5 Å². The van der Waals surface area contributed by atoms with Crippen molar-refractivity contribution in [1.82, 2.24) is 15.1 Å². The molecule has 1 saturated heterocycles. The second-order valence-electron chi connectivity index (χ2n) is 7.71. The zero-order chi connectivity index (χ0) is 20.5. The molecular formula is C21H32N4O3. The van der Waals surface area contributed by atoms with Crippen LogP contribution in [0.5, 0.6) is 0 Å². The van der Waals surface area contributed by atoms with Crippen LogP contribution in [-0.4, -0.2) is 67.8 Å². The maximum absolute atomic E-state index is 12.2. The van der Waals surface area contributed by atoms with E-state index < -0.39 is 11.8 Å². The predicted octanol–water partition coefficient (Wildman–Crippen LogP) is 1.96. The van der Waals surface area contributed by atoms with Crippen molar-refractivity contribution >= 4 is 23.4 Å². The fraction of sp³-hybridized carbons (Fsp3) is 0.571. The fourth-order valence-electron chi connectivity index (χ4n) is 3.43. The Balaban J connectivity index is 1.73. The molecule has 2 rings (SSSR count). The summed E-state index contributed by atoms with van der Waals surface area (Å²) in [6.45, 7) is 6.10. The molecule has 2 N–H and O–H groups in total. The van der Waals surface area contributed by atoms with Gasteiger partial charge in [-0.15, -0.1) is 0 Å². The lowest BCUT2D eigenvalue weighted by atomic mass is 10.0. The third kappa shape index (κ3) is 6.64. The van der Waals surface area contributed by atoms with Crippen LogP contribution in [0.3, 0.4) is 0 Å². The lowest BCUT2D eigenvalue weighted by Gasteiger charge is -2.30. The standard InChI is InChI=1S/C21H32N4O3/c1-16-9-8-14-25(15-16)13-7-6-12-22-19(26)20(27)23-18-11-5-4-10-17(18)21(28)24(2)3/h4-5,10-11,16H,6-9,12-15H2,1-3H3,(H,22,26)(H,23,27). The first-order valence-corrected chi connectivity index (χ1v) is 10.0. The highest BCUT2D eigenvalue weighted by molar-refractivity contribution is 6.40. The van der Waals surface area contributed by atoms with Crippen LogP contribution < -0.4 is 10.6 Å². The van der Waals surface area contributed by atoms with Gasteiger partial charge in [0.25, 0.3) is 5.91 Å². The average molecular weight is 389 g/mol. The summed E-state index contributed by atoms with van der Waals surface area (Å²) >= 11 is 0. The summed E-state index contributed by atoms with van der Waals surface area (Å²) in [4.78, 5) is 40.3. The van der Waals surface area contributed by atoms with Crippen molar-refractivity contribution in [2.24, 2.45) is 5.92 Å². The zero-order valence-corrected chi connectivity index (χ0v) is 17.2. The van der Waals surface area contributed by atoms with Crippen LogP contribution >= 0.6 is 0 Å². The predicted molar refractivity (Wildman–Crippen MR) is 110 cm³/mol. The van der Waals surface area contributed by atoms with Gasteiger partial charge in [-0.25, -0.2) is 0 Å². The number of carbonyl (C=O) groups is 3. The molecule has 1 atom stereocenters. The number of nitrogens with zero attached hydrogens (tertiary/aromatic N) is 2. The van der Waals surface area contributed by atoms with Crippen molar-refractivity contribution in [2.75, 3.05) is 45.6 Å². The molecular weight excluding hydrogens is 356 g/mol. The number of likely N-dealkylation sites (tertiary alicyclic amines) is 1. The van der Waals surface area contributed by atoms with E-state index in [0.29, 0.717) is 17.8 Å². The highest BCUT2D eigenvalue weighted by Crippen LogP contribution is 2.17. The number of rotatable bonds is 7. The highest BCUT2D eigenvalue weighted by Gasteiger charge is 2.19. The summed E-state index contributed by atoms with van der Waals surface area (Å²) in [7, 11) is 3.27. The van der Waals surface area contributed by atoms with E-state index in [-0.39, 0.29) is 5.91 Å². The molecule has 28 heavy (non-hydrogen) atoms. The average Bonchev–Trinajstić information content (AvgIpc) is 2.67. The molecule has 0 radical (unpaired) electrons. The van der Waals surface area contributed by atoms with Crippen molar-refractivity contribution in [2.45, 2.75) is 32.6 Å². The summed E-state index contributed by atoms with van der Waals surface area (Å²) in [5.41, 5.74) is 0.685. The number of amides is 3. The molecule has 1 unspecified atom stereocenters. The Morgan fingerprint density at radius 1 is 1.14 bits per heavy atom. The SMILES string of the molecule is CC1CCCN(CCCCNC(=O)C(=O)Nc2ccccc2C(=O)N(C)C)C1. The Morgan fingerprint density at radius 2 is 1.89 bits per heavy atom. The largest absolute Gasteiger partial charge is 0.348 e. The summed E-state index contributed by atoms with van der Waals surface area (Å²) in [6, 6.07) is 6.66. The molecule has 0 aliphatic carbocycles. The van der Waals surface area contributed by atoms with Gasteiger partial charge in [0.1, 0.15) is 0 Å². The van der Waals surface area contributed by atoms with Crippen LogP contribution in [0.1, 0.15) is 43.0 Å². The van der Waals surface area contributed by atoms with Gasteiger partial charge in [-0.3, -0.25) is 14.4 Å². The normalized spacial score (nSPS) is 17.0. The van der Waals surface area contributed by atoms with E-state index >= 15 is 0 Å². The Kier molecular flexibility index (Phi) is 8.44. The lowest BCUT2D eigenvalue weighted by molar-refractivity contribution is -0.136. The van der Waals surface area contributed by atoms with Crippen LogP contribution in [0.4, 0.5) is 5.69 Å². The number of hydrogen-bond acceptors (Lipinski definition) is 4. The number of nitrogens with one attached hydrogen (secondary N) is 2. The van der Waals surface area contributed by atoms with E-state index in [4.69, 9.17) is 0 Å². The van der Waals surface area contributed by atoms with E-state index in [9.17, 15) is 14.4 Å². The second-order valence-corrected chi connectivity index (χ2v) is 7.71. The van der Waals surface area contributed by atoms with Crippen LogP contribution in [0.15, 0.2) is 24.3 Å². The monoisotopic (exact) mass is 388 g/mol. The minimum Gasteiger partial charge on any atom is -0.348 e. The first kappa shape index (κ1) is 21.9. The molecule has 0 saturated carbocycles. The number of piperidine rings is 1. The first-order valence-electron chi connectivity index (χ1n) is 10.0. The Bertz CT molecular complexity index is 690. The number of anilines is 1. The maximum Gasteiger partial charge on any atom is 0.313 e. The van der Waals surface area contributed by atoms with Crippen molar-refractivity contribution in [1.29, 1.82) is 0 Å². The summed E-state index contributed by atoms with van der Waals surface area (Å²) in [6.07, 6.45) is 4.40. The second kappa shape index (κ2) is 10.8.